The molecule has 7 heteroatoms. The summed E-state index contributed by atoms with van der Waals surface area (Å²) in [6, 6.07) is 16.3. The highest BCUT2D eigenvalue weighted by molar-refractivity contribution is 5.94. The van der Waals surface area contributed by atoms with Gasteiger partial charge in [-0.05, 0) is 51.5 Å². The summed E-state index contributed by atoms with van der Waals surface area (Å²) in [7, 11) is 0. The third-order valence-corrected chi connectivity index (χ3v) is 5.30. The molecule has 0 bridgehead atoms. The van der Waals surface area contributed by atoms with E-state index in [9.17, 15) is 9.59 Å². The SMILES string of the molecule is Cc1ccccc1NC(=O)C(C)n1nc(C)c2c(C)n(-c3ccccc3)nc2c1=O. The molecule has 0 fully saturated rings. The quantitative estimate of drug-likeness (QED) is 0.565. The number of fused-ring (bicyclic) bond motifs is 1. The lowest BCUT2D eigenvalue weighted by Gasteiger charge is -2.15. The molecule has 1 N–H and O–H groups in total. The molecule has 4 rings (SSSR count). The second-order valence-electron chi connectivity index (χ2n) is 7.37. The summed E-state index contributed by atoms with van der Waals surface area (Å²) in [5.74, 6) is -0.308. The van der Waals surface area contributed by atoms with Crippen LogP contribution in [0, 0.1) is 20.8 Å². The Kier molecular flexibility index (Phi) is 4.95. The Bertz CT molecular complexity index is 1300. The van der Waals surface area contributed by atoms with Crippen molar-refractivity contribution in [2.24, 2.45) is 0 Å². The van der Waals surface area contributed by atoms with Gasteiger partial charge in [0.1, 0.15) is 6.04 Å². The molecule has 2 heterocycles. The smallest absolute Gasteiger partial charge is 0.295 e. The first kappa shape index (κ1) is 19.6. The van der Waals surface area contributed by atoms with E-state index in [0.29, 0.717) is 22.3 Å². The molecule has 1 atom stereocenters. The van der Waals surface area contributed by atoms with E-state index in [-0.39, 0.29) is 11.5 Å². The predicted octanol–water partition coefficient (Wildman–Crippen LogP) is 3.71. The van der Waals surface area contributed by atoms with Crippen LogP contribution < -0.4 is 10.9 Å². The van der Waals surface area contributed by atoms with Crippen LogP contribution in [0.5, 0.6) is 0 Å². The third-order valence-electron chi connectivity index (χ3n) is 5.30. The Labute approximate surface area is 174 Å². The second kappa shape index (κ2) is 7.59. The van der Waals surface area contributed by atoms with Gasteiger partial charge in [-0.1, -0.05) is 36.4 Å². The van der Waals surface area contributed by atoms with Crippen molar-refractivity contribution in [3.63, 3.8) is 0 Å². The standard InChI is InChI=1S/C23H23N5O2/c1-14-10-8-9-13-19(14)24-22(29)17(4)28-23(30)21-20(15(2)25-28)16(3)27(26-21)18-11-6-5-7-12-18/h5-13,17H,1-4H3,(H,24,29). The molecular formula is C23H23N5O2. The highest BCUT2D eigenvalue weighted by Crippen LogP contribution is 2.22. The number of nitrogens with one attached hydrogen (secondary N) is 1. The van der Waals surface area contributed by atoms with E-state index in [1.54, 1.807) is 11.6 Å². The largest absolute Gasteiger partial charge is 0.324 e. The van der Waals surface area contributed by atoms with Crippen molar-refractivity contribution in [3.8, 4) is 5.69 Å². The van der Waals surface area contributed by atoms with Gasteiger partial charge in [0, 0.05) is 5.69 Å². The molecule has 0 aliphatic heterocycles. The van der Waals surface area contributed by atoms with Crippen LogP contribution >= 0.6 is 0 Å². The minimum atomic E-state index is -0.789. The lowest BCUT2D eigenvalue weighted by molar-refractivity contribution is -0.119. The van der Waals surface area contributed by atoms with Gasteiger partial charge in [-0.3, -0.25) is 9.59 Å². The zero-order valence-corrected chi connectivity index (χ0v) is 17.4. The number of hydrogen-bond donors (Lipinski definition) is 1. The molecule has 0 saturated heterocycles. The van der Waals surface area contributed by atoms with Gasteiger partial charge in [-0.25, -0.2) is 9.36 Å². The molecule has 0 aliphatic carbocycles. The number of carbonyl (C=O) groups is 1. The zero-order valence-electron chi connectivity index (χ0n) is 17.4. The Morgan fingerprint density at radius 3 is 2.33 bits per heavy atom. The van der Waals surface area contributed by atoms with Crippen LogP contribution in [0.4, 0.5) is 5.69 Å². The fourth-order valence-corrected chi connectivity index (χ4v) is 3.60. The minimum absolute atomic E-state index is 0.305. The minimum Gasteiger partial charge on any atom is -0.324 e. The summed E-state index contributed by atoms with van der Waals surface area (Å²) >= 11 is 0. The number of nitrogens with zero attached hydrogens (tertiary/aromatic N) is 4. The van der Waals surface area contributed by atoms with Gasteiger partial charge in [0.15, 0.2) is 5.52 Å². The molecule has 7 nitrogen and oxygen atoms in total. The highest BCUT2D eigenvalue weighted by Gasteiger charge is 2.23. The van der Waals surface area contributed by atoms with Crippen molar-refractivity contribution in [1.29, 1.82) is 0 Å². The topological polar surface area (TPSA) is 81.8 Å². The van der Waals surface area contributed by atoms with Crippen LogP contribution in [0.1, 0.15) is 29.9 Å². The summed E-state index contributed by atoms with van der Waals surface area (Å²) in [5, 5.41) is 12.6. The highest BCUT2D eigenvalue weighted by atomic mass is 16.2. The summed E-state index contributed by atoms with van der Waals surface area (Å²) in [6.45, 7) is 7.32. The summed E-state index contributed by atoms with van der Waals surface area (Å²) in [5.41, 5.74) is 3.93. The van der Waals surface area contributed by atoms with E-state index in [1.165, 1.54) is 4.68 Å². The molecule has 30 heavy (non-hydrogen) atoms. The number of amides is 1. The Morgan fingerprint density at radius 2 is 1.63 bits per heavy atom. The van der Waals surface area contributed by atoms with Gasteiger partial charge in [0.05, 0.1) is 22.5 Å². The monoisotopic (exact) mass is 401 g/mol. The fraction of sp³-hybridized carbons (Fsp3) is 0.217. The number of aromatic nitrogens is 4. The van der Waals surface area contributed by atoms with Gasteiger partial charge >= 0.3 is 0 Å². The Balaban J connectivity index is 1.77. The molecule has 1 amide bonds. The van der Waals surface area contributed by atoms with E-state index < -0.39 is 6.04 Å². The van der Waals surface area contributed by atoms with Crippen molar-refractivity contribution >= 4 is 22.5 Å². The number of hydrogen-bond acceptors (Lipinski definition) is 4. The first-order valence-electron chi connectivity index (χ1n) is 9.79. The van der Waals surface area contributed by atoms with E-state index in [0.717, 1.165) is 16.9 Å². The molecule has 0 aliphatic rings. The number of carbonyl (C=O) groups excluding carboxylic acids is 1. The summed E-state index contributed by atoms with van der Waals surface area (Å²) in [6.07, 6.45) is 0. The van der Waals surface area contributed by atoms with Crippen LogP contribution in [0.15, 0.2) is 59.4 Å². The van der Waals surface area contributed by atoms with E-state index in [1.807, 2.05) is 75.4 Å². The lowest BCUT2D eigenvalue weighted by Crippen LogP contribution is -2.34. The van der Waals surface area contributed by atoms with Crippen LogP contribution in [0.25, 0.3) is 16.6 Å². The second-order valence-corrected chi connectivity index (χ2v) is 7.37. The maximum atomic E-state index is 13.2. The summed E-state index contributed by atoms with van der Waals surface area (Å²) < 4.78 is 2.95. The van der Waals surface area contributed by atoms with Gasteiger partial charge in [-0.2, -0.15) is 10.2 Å². The van der Waals surface area contributed by atoms with Gasteiger partial charge < -0.3 is 5.32 Å². The van der Waals surface area contributed by atoms with Crippen molar-refractivity contribution in [3.05, 3.63) is 81.9 Å². The maximum Gasteiger partial charge on any atom is 0.295 e. The Hall–Kier alpha value is -3.74. The van der Waals surface area contributed by atoms with Crippen molar-refractivity contribution in [1.82, 2.24) is 19.6 Å². The van der Waals surface area contributed by atoms with Gasteiger partial charge in [0.25, 0.3) is 5.56 Å². The molecule has 0 spiro atoms. The number of para-hydroxylation sites is 2. The molecule has 1 unspecified atom stereocenters. The summed E-state index contributed by atoms with van der Waals surface area (Å²) in [4.78, 5) is 26.0. The van der Waals surface area contributed by atoms with E-state index >= 15 is 0 Å². The fourth-order valence-electron chi connectivity index (χ4n) is 3.60. The van der Waals surface area contributed by atoms with Crippen LogP contribution in [-0.4, -0.2) is 25.5 Å². The Morgan fingerprint density at radius 1 is 0.967 bits per heavy atom. The maximum absolute atomic E-state index is 13.2. The lowest BCUT2D eigenvalue weighted by atomic mass is 10.2. The van der Waals surface area contributed by atoms with E-state index in [2.05, 4.69) is 15.5 Å². The van der Waals surface area contributed by atoms with Gasteiger partial charge in [0.2, 0.25) is 5.91 Å². The molecule has 0 radical (unpaired) electrons. The first-order valence-corrected chi connectivity index (χ1v) is 9.79. The number of aryl methyl sites for hydroxylation is 3. The van der Waals surface area contributed by atoms with Gasteiger partial charge in [-0.15, -0.1) is 0 Å². The first-order chi connectivity index (χ1) is 14.4. The van der Waals surface area contributed by atoms with Crippen molar-refractivity contribution < 1.29 is 4.79 Å². The molecule has 4 aromatic rings. The number of rotatable bonds is 4. The van der Waals surface area contributed by atoms with Crippen LogP contribution in [-0.2, 0) is 4.79 Å². The third kappa shape index (κ3) is 3.28. The predicted molar refractivity (Wildman–Crippen MR) is 117 cm³/mol. The molecular weight excluding hydrogens is 378 g/mol. The van der Waals surface area contributed by atoms with Crippen LogP contribution in [0.2, 0.25) is 0 Å². The van der Waals surface area contributed by atoms with Crippen molar-refractivity contribution in [2.45, 2.75) is 33.7 Å². The van der Waals surface area contributed by atoms with Crippen molar-refractivity contribution in [2.75, 3.05) is 5.32 Å². The molecule has 152 valence electrons. The molecule has 2 aromatic carbocycles. The molecule has 0 saturated carbocycles. The average Bonchev–Trinajstić information content (AvgIpc) is 3.10. The average molecular weight is 401 g/mol. The number of anilines is 1. The van der Waals surface area contributed by atoms with Crippen LogP contribution in [0.3, 0.4) is 0 Å². The zero-order chi connectivity index (χ0) is 21.4. The molecule has 2 aromatic heterocycles. The number of benzene rings is 2. The van der Waals surface area contributed by atoms with E-state index in [4.69, 9.17) is 0 Å². The normalized spacial score (nSPS) is 12.1.